The average Bonchev–Trinajstić information content (AvgIpc) is 2.55. The first kappa shape index (κ1) is 9.91. The summed E-state index contributed by atoms with van der Waals surface area (Å²) in [4.78, 5) is 13.0. The van der Waals surface area contributed by atoms with E-state index in [1.165, 1.54) is 4.90 Å². The maximum atomic E-state index is 11.6. The van der Waals surface area contributed by atoms with Gasteiger partial charge in [-0.1, -0.05) is 0 Å². The summed E-state index contributed by atoms with van der Waals surface area (Å²) in [6.07, 6.45) is 0.857. The first-order valence-corrected chi connectivity index (χ1v) is 4.66. The van der Waals surface area contributed by atoms with Crippen LogP contribution in [0.4, 0.5) is 0 Å². The van der Waals surface area contributed by atoms with Crippen LogP contribution in [0.5, 0.6) is 0 Å². The van der Waals surface area contributed by atoms with Gasteiger partial charge in [0.2, 0.25) is 5.91 Å². The van der Waals surface area contributed by atoms with Gasteiger partial charge in [0.1, 0.15) is 12.3 Å². The fourth-order valence-corrected chi connectivity index (χ4v) is 2.04. The minimum absolute atomic E-state index is 0.217. The molecule has 1 amide bonds. The van der Waals surface area contributed by atoms with Crippen molar-refractivity contribution in [1.82, 2.24) is 4.90 Å². The molecule has 0 aliphatic carbocycles. The minimum Gasteiger partial charge on any atom is -0.426 e. The van der Waals surface area contributed by atoms with Gasteiger partial charge in [-0.3, -0.25) is 4.79 Å². The first-order chi connectivity index (χ1) is 6.61. The first-order valence-electron chi connectivity index (χ1n) is 4.66. The molecule has 2 aliphatic rings. The molecule has 2 rings (SSSR count). The smallest absolute Gasteiger partial charge is 0.426 e. The Morgan fingerprint density at radius 1 is 1.50 bits per heavy atom. The van der Waals surface area contributed by atoms with Crippen LogP contribution in [-0.4, -0.2) is 52.8 Å². The molecule has 14 heavy (non-hydrogen) atoms. The van der Waals surface area contributed by atoms with E-state index in [1.807, 2.05) is 0 Å². The molecule has 0 bridgehead atoms. The maximum absolute atomic E-state index is 11.6. The molecule has 3 atom stereocenters. The molecular weight excluding hydrogens is 187 g/mol. The van der Waals surface area contributed by atoms with E-state index in [2.05, 4.69) is 0 Å². The lowest BCUT2D eigenvalue weighted by Crippen LogP contribution is -2.59. The number of amides is 1. The number of hydrogen-bond donors (Lipinski definition) is 3. The Balaban J connectivity index is 2.16. The molecule has 6 nitrogen and oxygen atoms in total. The van der Waals surface area contributed by atoms with Gasteiger partial charge in [0.05, 0.1) is 12.5 Å². The summed E-state index contributed by atoms with van der Waals surface area (Å²) < 4.78 is 5.32. The van der Waals surface area contributed by atoms with E-state index in [0.717, 1.165) is 0 Å². The number of carbonyl (C=O) groups excluding carboxylic acids is 1. The quantitative estimate of drug-likeness (QED) is 0.412. The summed E-state index contributed by atoms with van der Waals surface area (Å²) >= 11 is 0. The van der Waals surface area contributed by atoms with Gasteiger partial charge in [-0.25, -0.2) is 0 Å². The van der Waals surface area contributed by atoms with Gasteiger partial charge in [0.15, 0.2) is 0 Å². The third-order valence-corrected chi connectivity index (χ3v) is 2.76. The number of carbonyl (C=O) groups is 1. The third kappa shape index (κ3) is 1.42. The lowest BCUT2D eigenvalue weighted by Gasteiger charge is -2.36. The molecule has 2 saturated heterocycles. The van der Waals surface area contributed by atoms with Gasteiger partial charge >= 0.3 is 7.12 Å². The van der Waals surface area contributed by atoms with Crippen LogP contribution in [0.2, 0.25) is 0 Å². The van der Waals surface area contributed by atoms with Crippen molar-refractivity contribution < 1.29 is 19.6 Å². The predicted octanol–water partition coefficient (Wildman–Crippen LogP) is -2.33. The SMILES string of the molecule is N[C@H]1CO[C@H]2CC[C@@H](B(O)O)N2C1=O. The number of nitrogens with zero attached hydrogens (tertiary/aromatic N) is 1. The van der Waals surface area contributed by atoms with Crippen molar-refractivity contribution >= 4 is 13.0 Å². The Morgan fingerprint density at radius 3 is 2.86 bits per heavy atom. The van der Waals surface area contributed by atoms with Gasteiger partial charge in [-0.05, 0) is 12.8 Å². The van der Waals surface area contributed by atoms with E-state index in [4.69, 9.17) is 20.5 Å². The topological polar surface area (TPSA) is 96.0 Å². The molecule has 7 heteroatoms. The van der Waals surface area contributed by atoms with Crippen molar-refractivity contribution in [3.63, 3.8) is 0 Å². The molecule has 0 aromatic heterocycles. The Bertz CT molecular complexity index is 250. The highest BCUT2D eigenvalue weighted by Gasteiger charge is 2.47. The van der Waals surface area contributed by atoms with Gasteiger partial charge in [-0.2, -0.15) is 0 Å². The zero-order valence-electron chi connectivity index (χ0n) is 7.67. The van der Waals surface area contributed by atoms with Gasteiger partial charge in [-0.15, -0.1) is 0 Å². The number of rotatable bonds is 1. The highest BCUT2D eigenvalue weighted by atomic mass is 16.5. The number of fused-ring (bicyclic) bond motifs is 1. The van der Waals surface area contributed by atoms with Crippen molar-refractivity contribution in [3.8, 4) is 0 Å². The molecule has 0 aromatic rings. The largest absolute Gasteiger partial charge is 0.475 e. The normalized spacial score (nSPS) is 37.2. The fourth-order valence-electron chi connectivity index (χ4n) is 2.04. The molecular formula is C7H13BN2O4. The molecule has 2 fully saturated rings. The molecule has 78 valence electrons. The molecule has 0 aromatic carbocycles. The summed E-state index contributed by atoms with van der Waals surface area (Å²) in [7, 11) is -1.52. The van der Waals surface area contributed by atoms with Crippen LogP contribution in [0, 0.1) is 0 Å². The van der Waals surface area contributed by atoms with E-state index in [9.17, 15) is 4.79 Å². The summed E-state index contributed by atoms with van der Waals surface area (Å²) in [5, 5.41) is 18.1. The Kier molecular flexibility index (Phi) is 2.48. The van der Waals surface area contributed by atoms with E-state index in [-0.39, 0.29) is 18.7 Å². The number of nitrogens with two attached hydrogens (primary N) is 1. The molecule has 0 spiro atoms. The highest BCUT2D eigenvalue weighted by Crippen LogP contribution is 2.28. The predicted molar refractivity (Wildman–Crippen MR) is 47.8 cm³/mol. The summed E-state index contributed by atoms with van der Waals surface area (Å²) in [6, 6.07) is -0.675. The number of ether oxygens (including phenoxy) is 1. The van der Waals surface area contributed by atoms with E-state index >= 15 is 0 Å². The maximum Gasteiger partial charge on any atom is 0.475 e. The van der Waals surface area contributed by atoms with Crippen LogP contribution in [0.3, 0.4) is 0 Å². The second-order valence-corrected chi connectivity index (χ2v) is 3.70. The van der Waals surface area contributed by atoms with Crippen LogP contribution in [-0.2, 0) is 9.53 Å². The van der Waals surface area contributed by atoms with Crippen molar-refractivity contribution in [3.05, 3.63) is 0 Å². The third-order valence-electron chi connectivity index (χ3n) is 2.76. The zero-order chi connectivity index (χ0) is 10.3. The summed E-state index contributed by atoms with van der Waals surface area (Å²) in [5.41, 5.74) is 5.52. The molecule has 0 unspecified atom stereocenters. The van der Waals surface area contributed by atoms with Crippen LogP contribution in [0.15, 0.2) is 0 Å². The molecule has 2 heterocycles. The summed E-state index contributed by atoms with van der Waals surface area (Å²) in [6.45, 7) is 0.217. The Hall–Kier alpha value is -0.625. The van der Waals surface area contributed by atoms with Crippen LogP contribution in [0.25, 0.3) is 0 Å². The second-order valence-electron chi connectivity index (χ2n) is 3.70. The van der Waals surface area contributed by atoms with E-state index < -0.39 is 19.1 Å². The zero-order valence-corrected chi connectivity index (χ0v) is 7.67. The van der Waals surface area contributed by atoms with Gasteiger partial charge < -0.3 is 25.4 Å². The standard InChI is InChI=1S/C7H13BN2O4/c9-4-3-14-6-2-1-5(8(12)13)10(6)7(4)11/h4-6,12-13H,1-3,9H2/t4-,5-,6-/m0/s1. The van der Waals surface area contributed by atoms with Crippen LogP contribution >= 0.6 is 0 Å². The Labute approximate surface area is 81.8 Å². The second kappa shape index (κ2) is 3.50. The molecule has 0 radical (unpaired) electrons. The van der Waals surface area contributed by atoms with Crippen LogP contribution < -0.4 is 5.73 Å². The van der Waals surface area contributed by atoms with Crippen molar-refractivity contribution in [1.29, 1.82) is 0 Å². The average molecular weight is 200 g/mol. The number of hydrogen-bond acceptors (Lipinski definition) is 5. The molecule has 2 aliphatic heterocycles. The fraction of sp³-hybridized carbons (Fsp3) is 0.857. The summed E-state index contributed by atoms with van der Waals surface area (Å²) in [5.74, 6) is -0.823. The highest BCUT2D eigenvalue weighted by molar-refractivity contribution is 6.43. The lowest BCUT2D eigenvalue weighted by molar-refractivity contribution is -0.159. The van der Waals surface area contributed by atoms with E-state index in [0.29, 0.717) is 12.8 Å². The molecule has 0 saturated carbocycles. The van der Waals surface area contributed by atoms with Crippen molar-refractivity contribution in [2.24, 2.45) is 5.73 Å². The Morgan fingerprint density at radius 2 is 2.21 bits per heavy atom. The van der Waals surface area contributed by atoms with Gasteiger partial charge in [0.25, 0.3) is 0 Å². The minimum atomic E-state index is -1.52. The lowest BCUT2D eigenvalue weighted by atomic mass is 9.78. The van der Waals surface area contributed by atoms with Crippen LogP contribution in [0.1, 0.15) is 12.8 Å². The van der Waals surface area contributed by atoms with Crippen molar-refractivity contribution in [2.45, 2.75) is 31.1 Å². The molecule has 4 N–H and O–H groups in total. The van der Waals surface area contributed by atoms with E-state index in [1.54, 1.807) is 0 Å². The van der Waals surface area contributed by atoms with Crippen molar-refractivity contribution in [2.75, 3.05) is 6.61 Å². The monoisotopic (exact) mass is 200 g/mol. The van der Waals surface area contributed by atoms with Gasteiger partial charge in [0, 0.05) is 0 Å².